The first-order valence-corrected chi connectivity index (χ1v) is 10.4. The summed E-state index contributed by atoms with van der Waals surface area (Å²) in [5, 5.41) is 4.64. The van der Waals surface area contributed by atoms with Gasteiger partial charge in [-0.2, -0.15) is 0 Å². The summed E-state index contributed by atoms with van der Waals surface area (Å²) in [6.07, 6.45) is 7.37. The summed E-state index contributed by atoms with van der Waals surface area (Å²) in [7, 11) is 0. The van der Waals surface area contributed by atoms with Gasteiger partial charge in [-0.1, -0.05) is 44.9 Å². The number of hydrogen-bond acceptors (Lipinski definition) is 3. The molecule has 4 rings (SSSR count). The molecule has 0 N–H and O–H groups in total. The highest BCUT2D eigenvalue weighted by Gasteiger charge is 2.37. The summed E-state index contributed by atoms with van der Waals surface area (Å²) in [5.41, 5.74) is 2.24. The minimum Gasteiger partial charge on any atom is -0.333 e. The van der Waals surface area contributed by atoms with Gasteiger partial charge in [0.1, 0.15) is 5.82 Å². The second-order valence-electron chi connectivity index (χ2n) is 8.36. The molecular formula is C22H30N4O. The fraction of sp³-hybridized carbons (Fsp3) is 0.591. The van der Waals surface area contributed by atoms with Crippen LogP contribution < -0.4 is 0 Å². The van der Waals surface area contributed by atoms with E-state index in [2.05, 4.69) is 41.0 Å². The number of carbonyl (C=O) groups is 1. The number of likely N-dealkylation sites (tertiary alicyclic amines) is 1. The number of hydrogen-bond donors (Lipinski definition) is 0. The molecule has 1 saturated carbocycles. The molecule has 5 heteroatoms. The predicted molar refractivity (Wildman–Crippen MR) is 106 cm³/mol. The van der Waals surface area contributed by atoms with E-state index in [1.807, 2.05) is 23.7 Å². The molecule has 27 heavy (non-hydrogen) atoms. The van der Waals surface area contributed by atoms with Crippen LogP contribution in [-0.4, -0.2) is 38.2 Å². The highest BCUT2D eigenvalue weighted by molar-refractivity contribution is 5.91. The van der Waals surface area contributed by atoms with Crippen molar-refractivity contribution in [1.29, 1.82) is 0 Å². The number of aromatic nitrogens is 3. The van der Waals surface area contributed by atoms with Crippen LogP contribution in [0.25, 0.3) is 5.69 Å². The fourth-order valence-corrected chi connectivity index (χ4v) is 4.88. The van der Waals surface area contributed by atoms with Gasteiger partial charge in [-0.05, 0) is 56.1 Å². The van der Waals surface area contributed by atoms with Gasteiger partial charge in [0.05, 0.1) is 5.69 Å². The van der Waals surface area contributed by atoms with E-state index in [1.54, 1.807) is 0 Å². The summed E-state index contributed by atoms with van der Waals surface area (Å²) < 4.78 is 1.84. The SMILES string of the molecule is Cc1nc(C(=O)N2CCCC2C2CCCC2)nn1-c1ccccc1C(C)C. The number of aryl methyl sites for hydroxylation is 1. The summed E-state index contributed by atoms with van der Waals surface area (Å²) >= 11 is 0. The van der Waals surface area contributed by atoms with Crippen molar-refractivity contribution >= 4 is 5.91 Å². The fourth-order valence-electron chi connectivity index (χ4n) is 4.88. The van der Waals surface area contributed by atoms with Gasteiger partial charge in [-0.3, -0.25) is 4.79 Å². The molecule has 1 aliphatic heterocycles. The smallest absolute Gasteiger partial charge is 0.293 e. The van der Waals surface area contributed by atoms with Crippen LogP contribution in [-0.2, 0) is 0 Å². The third-order valence-electron chi connectivity index (χ3n) is 6.25. The van der Waals surface area contributed by atoms with Crippen molar-refractivity contribution in [2.75, 3.05) is 6.54 Å². The number of nitrogens with zero attached hydrogens (tertiary/aromatic N) is 4. The van der Waals surface area contributed by atoms with Crippen LogP contribution in [0.4, 0.5) is 0 Å². The van der Waals surface area contributed by atoms with E-state index in [4.69, 9.17) is 0 Å². The monoisotopic (exact) mass is 366 g/mol. The summed E-state index contributed by atoms with van der Waals surface area (Å²) in [5.74, 6) is 2.17. The molecule has 5 nitrogen and oxygen atoms in total. The van der Waals surface area contributed by atoms with Crippen molar-refractivity contribution < 1.29 is 4.79 Å². The maximum absolute atomic E-state index is 13.2. The number of amides is 1. The molecule has 1 saturated heterocycles. The molecule has 0 bridgehead atoms. The zero-order chi connectivity index (χ0) is 19.0. The van der Waals surface area contributed by atoms with Crippen LogP contribution in [0.1, 0.15) is 80.3 Å². The molecule has 144 valence electrons. The molecule has 2 aliphatic rings. The molecular weight excluding hydrogens is 336 g/mol. The van der Waals surface area contributed by atoms with Crippen LogP contribution >= 0.6 is 0 Å². The Morgan fingerprint density at radius 2 is 1.85 bits per heavy atom. The second kappa shape index (κ2) is 7.45. The molecule has 0 spiro atoms. The quantitative estimate of drug-likeness (QED) is 0.801. The lowest BCUT2D eigenvalue weighted by molar-refractivity contribution is 0.0676. The maximum Gasteiger partial charge on any atom is 0.293 e. The van der Waals surface area contributed by atoms with Crippen molar-refractivity contribution in [3.8, 4) is 5.69 Å². The number of rotatable bonds is 4. The maximum atomic E-state index is 13.2. The first kappa shape index (κ1) is 18.2. The van der Waals surface area contributed by atoms with Gasteiger partial charge in [0.25, 0.3) is 5.91 Å². The number of para-hydroxylation sites is 1. The van der Waals surface area contributed by atoms with Gasteiger partial charge in [-0.25, -0.2) is 9.67 Å². The van der Waals surface area contributed by atoms with Crippen molar-refractivity contribution in [3.63, 3.8) is 0 Å². The Morgan fingerprint density at radius 3 is 2.59 bits per heavy atom. The summed E-state index contributed by atoms with van der Waals surface area (Å²) in [4.78, 5) is 19.8. The molecule has 1 aromatic carbocycles. The van der Waals surface area contributed by atoms with E-state index in [-0.39, 0.29) is 5.91 Å². The Balaban J connectivity index is 1.62. The topological polar surface area (TPSA) is 51.0 Å². The van der Waals surface area contributed by atoms with Gasteiger partial charge in [-0.15, -0.1) is 5.10 Å². The summed E-state index contributed by atoms with van der Waals surface area (Å²) in [6, 6.07) is 8.63. The molecule has 1 amide bonds. The van der Waals surface area contributed by atoms with E-state index in [9.17, 15) is 4.79 Å². The van der Waals surface area contributed by atoms with E-state index in [1.165, 1.54) is 31.2 Å². The highest BCUT2D eigenvalue weighted by atomic mass is 16.2. The highest BCUT2D eigenvalue weighted by Crippen LogP contribution is 2.36. The van der Waals surface area contributed by atoms with Crippen LogP contribution in [0, 0.1) is 12.8 Å². The van der Waals surface area contributed by atoms with Crippen molar-refractivity contribution in [2.24, 2.45) is 5.92 Å². The largest absolute Gasteiger partial charge is 0.333 e. The molecule has 1 aromatic heterocycles. The molecule has 2 fully saturated rings. The molecule has 2 heterocycles. The van der Waals surface area contributed by atoms with Crippen molar-refractivity contribution in [1.82, 2.24) is 19.7 Å². The van der Waals surface area contributed by atoms with Gasteiger partial charge >= 0.3 is 0 Å². The van der Waals surface area contributed by atoms with Crippen LogP contribution in [0.3, 0.4) is 0 Å². The lowest BCUT2D eigenvalue weighted by Gasteiger charge is -2.28. The molecule has 1 unspecified atom stereocenters. The first-order valence-electron chi connectivity index (χ1n) is 10.4. The van der Waals surface area contributed by atoms with Crippen LogP contribution in [0.2, 0.25) is 0 Å². The van der Waals surface area contributed by atoms with Crippen molar-refractivity contribution in [3.05, 3.63) is 41.5 Å². The third kappa shape index (κ3) is 3.40. The second-order valence-corrected chi connectivity index (χ2v) is 8.36. The van der Waals surface area contributed by atoms with Crippen molar-refractivity contribution in [2.45, 2.75) is 71.3 Å². The zero-order valence-corrected chi connectivity index (χ0v) is 16.7. The molecule has 1 aliphatic carbocycles. The lowest BCUT2D eigenvalue weighted by Crippen LogP contribution is -2.40. The Bertz CT molecular complexity index is 819. The summed E-state index contributed by atoms with van der Waals surface area (Å²) in [6.45, 7) is 7.12. The third-order valence-corrected chi connectivity index (χ3v) is 6.25. The molecule has 0 radical (unpaired) electrons. The van der Waals surface area contributed by atoms with E-state index in [0.717, 1.165) is 30.9 Å². The Kier molecular flexibility index (Phi) is 5.02. The van der Waals surface area contributed by atoms with E-state index in [0.29, 0.717) is 23.7 Å². The minimum absolute atomic E-state index is 0.00766. The van der Waals surface area contributed by atoms with E-state index < -0.39 is 0 Å². The Morgan fingerprint density at radius 1 is 1.11 bits per heavy atom. The minimum atomic E-state index is 0.00766. The van der Waals surface area contributed by atoms with Gasteiger partial charge < -0.3 is 4.90 Å². The Hall–Kier alpha value is -2.17. The van der Waals surface area contributed by atoms with Gasteiger partial charge in [0.15, 0.2) is 0 Å². The average molecular weight is 367 g/mol. The van der Waals surface area contributed by atoms with Gasteiger partial charge in [0.2, 0.25) is 5.82 Å². The van der Waals surface area contributed by atoms with Gasteiger partial charge in [0, 0.05) is 12.6 Å². The molecule has 2 aromatic rings. The standard InChI is InChI=1S/C22H30N4O/c1-15(2)18-11-6-7-12-20(18)26-16(3)23-21(24-26)22(27)25-14-8-13-19(25)17-9-4-5-10-17/h6-7,11-12,15,17,19H,4-5,8-10,13-14H2,1-3H3. The first-order chi connectivity index (χ1) is 13.1. The Labute approximate surface area is 161 Å². The molecule has 1 atom stereocenters. The zero-order valence-electron chi connectivity index (χ0n) is 16.7. The average Bonchev–Trinajstić information content (AvgIpc) is 3.41. The van der Waals surface area contributed by atoms with Crippen LogP contribution in [0.15, 0.2) is 24.3 Å². The number of benzene rings is 1. The number of carbonyl (C=O) groups excluding carboxylic acids is 1. The predicted octanol–water partition coefficient (Wildman–Crippen LogP) is 4.49. The van der Waals surface area contributed by atoms with E-state index >= 15 is 0 Å². The lowest BCUT2D eigenvalue weighted by atomic mass is 9.96. The normalized spacial score (nSPS) is 20.7. The van der Waals surface area contributed by atoms with Crippen LogP contribution in [0.5, 0.6) is 0 Å².